The molecule has 0 aliphatic rings. The first kappa shape index (κ1) is 12.7. The third-order valence-corrected chi connectivity index (χ3v) is 2.68. The van der Waals surface area contributed by atoms with Crippen LogP contribution in [0.15, 0.2) is 42.9 Å². The van der Waals surface area contributed by atoms with Crippen molar-refractivity contribution in [2.24, 2.45) is 0 Å². The summed E-state index contributed by atoms with van der Waals surface area (Å²) in [7, 11) is 0. The molecule has 2 aromatic rings. The quantitative estimate of drug-likeness (QED) is 0.904. The summed E-state index contributed by atoms with van der Waals surface area (Å²) in [5.41, 5.74) is 1.69. The molecule has 5 nitrogen and oxygen atoms in total. The second kappa shape index (κ2) is 5.74. The summed E-state index contributed by atoms with van der Waals surface area (Å²) in [4.78, 5) is 19.8. The molecule has 1 N–H and O–H groups in total. The van der Waals surface area contributed by atoms with Crippen LogP contribution >= 0.6 is 0 Å². The van der Waals surface area contributed by atoms with Gasteiger partial charge in [0.1, 0.15) is 11.8 Å². The minimum atomic E-state index is -0.270. The highest BCUT2D eigenvalue weighted by atomic mass is 16.1. The van der Waals surface area contributed by atoms with Crippen molar-refractivity contribution in [2.45, 2.75) is 13.0 Å². The van der Waals surface area contributed by atoms with Crippen molar-refractivity contribution < 1.29 is 4.79 Å². The van der Waals surface area contributed by atoms with Gasteiger partial charge in [-0.1, -0.05) is 0 Å². The number of amides is 1. The summed E-state index contributed by atoms with van der Waals surface area (Å²) in [6.07, 6.45) is 4.74. The van der Waals surface area contributed by atoms with Gasteiger partial charge in [-0.15, -0.1) is 0 Å². The number of aromatic nitrogens is 2. The van der Waals surface area contributed by atoms with Gasteiger partial charge in [-0.25, -0.2) is 4.98 Å². The van der Waals surface area contributed by atoms with Crippen LogP contribution in [0.2, 0.25) is 0 Å². The number of hydrogen-bond acceptors (Lipinski definition) is 4. The maximum atomic E-state index is 12.0. The van der Waals surface area contributed by atoms with Crippen LogP contribution in [0.3, 0.4) is 0 Å². The molecule has 0 aliphatic carbocycles. The number of nitriles is 1. The maximum Gasteiger partial charge on any atom is 0.270 e. The van der Waals surface area contributed by atoms with Gasteiger partial charge in [0.2, 0.25) is 0 Å². The Hall–Kier alpha value is -2.74. The lowest BCUT2D eigenvalue weighted by Crippen LogP contribution is -2.27. The van der Waals surface area contributed by atoms with Gasteiger partial charge < -0.3 is 5.32 Å². The Kier molecular flexibility index (Phi) is 3.84. The molecule has 0 spiro atoms. The zero-order valence-electron chi connectivity index (χ0n) is 10.4. The molecule has 1 amide bonds. The van der Waals surface area contributed by atoms with E-state index in [0.29, 0.717) is 11.3 Å². The monoisotopic (exact) mass is 252 g/mol. The molecule has 0 aromatic carbocycles. The van der Waals surface area contributed by atoms with Crippen molar-refractivity contribution in [3.8, 4) is 6.07 Å². The van der Waals surface area contributed by atoms with Gasteiger partial charge in [0.25, 0.3) is 5.91 Å². The Morgan fingerprint density at radius 2 is 2.05 bits per heavy atom. The first-order valence-electron chi connectivity index (χ1n) is 5.77. The van der Waals surface area contributed by atoms with Crippen LogP contribution in [0, 0.1) is 11.3 Å². The first-order chi connectivity index (χ1) is 9.20. The number of pyridine rings is 2. The van der Waals surface area contributed by atoms with E-state index in [4.69, 9.17) is 5.26 Å². The van der Waals surface area contributed by atoms with E-state index in [1.54, 1.807) is 18.5 Å². The lowest BCUT2D eigenvalue weighted by atomic mass is 10.1. The molecule has 0 bridgehead atoms. The van der Waals surface area contributed by atoms with Gasteiger partial charge >= 0.3 is 0 Å². The fraction of sp³-hybridized carbons (Fsp3) is 0.143. The van der Waals surface area contributed by atoms with Crippen molar-refractivity contribution in [3.05, 3.63) is 59.7 Å². The number of carbonyl (C=O) groups is 1. The topological polar surface area (TPSA) is 78.7 Å². The van der Waals surface area contributed by atoms with E-state index >= 15 is 0 Å². The molecule has 0 saturated heterocycles. The van der Waals surface area contributed by atoms with E-state index in [9.17, 15) is 4.79 Å². The molecule has 5 heteroatoms. The van der Waals surface area contributed by atoms with Crippen LogP contribution in [0.25, 0.3) is 0 Å². The summed E-state index contributed by atoms with van der Waals surface area (Å²) < 4.78 is 0. The van der Waals surface area contributed by atoms with E-state index in [0.717, 1.165) is 5.56 Å². The highest BCUT2D eigenvalue weighted by molar-refractivity contribution is 5.92. The third-order valence-electron chi connectivity index (χ3n) is 2.68. The minimum Gasteiger partial charge on any atom is -0.344 e. The summed E-state index contributed by atoms with van der Waals surface area (Å²) in [6, 6.07) is 8.62. The Balaban J connectivity index is 2.06. The van der Waals surface area contributed by atoms with E-state index in [1.165, 1.54) is 12.3 Å². The molecular formula is C14H12N4O. The molecule has 2 rings (SSSR count). The molecule has 1 atom stereocenters. The molecule has 1 unspecified atom stereocenters. The second-order valence-corrected chi connectivity index (χ2v) is 4.02. The van der Waals surface area contributed by atoms with Crippen molar-refractivity contribution in [1.82, 2.24) is 15.3 Å². The van der Waals surface area contributed by atoms with E-state index in [2.05, 4.69) is 15.3 Å². The van der Waals surface area contributed by atoms with Gasteiger partial charge in [0.15, 0.2) is 0 Å². The van der Waals surface area contributed by atoms with E-state index in [-0.39, 0.29) is 11.9 Å². The summed E-state index contributed by atoms with van der Waals surface area (Å²) >= 11 is 0. The van der Waals surface area contributed by atoms with Crippen LogP contribution in [-0.4, -0.2) is 15.9 Å². The SMILES string of the molecule is CC(NC(=O)c1ccc(C#N)cn1)c1ccncc1. The van der Waals surface area contributed by atoms with Crippen molar-refractivity contribution in [2.75, 3.05) is 0 Å². The molecule has 0 aliphatic heterocycles. The summed E-state index contributed by atoms with van der Waals surface area (Å²) in [5, 5.41) is 11.5. The third kappa shape index (κ3) is 3.13. The Morgan fingerprint density at radius 1 is 1.32 bits per heavy atom. The molecule has 94 valence electrons. The number of hydrogen-bond donors (Lipinski definition) is 1. The number of nitrogens with zero attached hydrogens (tertiary/aromatic N) is 3. The molecule has 2 heterocycles. The number of carbonyl (C=O) groups excluding carboxylic acids is 1. The predicted molar refractivity (Wildman–Crippen MR) is 69.1 cm³/mol. The van der Waals surface area contributed by atoms with Gasteiger partial charge in [0, 0.05) is 18.6 Å². The van der Waals surface area contributed by atoms with Crippen molar-refractivity contribution >= 4 is 5.91 Å². The summed E-state index contributed by atoms with van der Waals surface area (Å²) in [5.74, 6) is -0.270. The van der Waals surface area contributed by atoms with Crippen molar-refractivity contribution in [3.63, 3.8) is 0 Å². The van der Waals surface area contributed by atoms with E-state index in [1.807, 2.05) is 25.1 Å². The van der Waals surface area contributed by atoms with Gasteiger partial charge in [-0.05, 0) is 36.8 Å². The van der Waals surface area contributed by atoms with Crippen LogP contribution in [0.1, 0.15) is 34.6 Å². The summed E-state index contributed by atoms with van der Waals surface area (Å²) in [6.45, 7) is 1.89. The smallest absolute Gasteiger partial charge is 0.270 e. The molecule has 19 heavy (non-hydrogen) atoms. The van der Waals surface area contributed by atoms with Crippen LogP contribution in [0.5, 0.6) is 0 Å². The van der Waals surface area contributed by atoms with Crippen LogP contribution in [0.4, 0.5) is 0 Å². The zero-order chi connectivity index (χ0) is 13.7. The highest BCUT2D eigenvalue weighted by Crippen LogP contribution is 2.11. The van der Waals surface area contributed by atoms with Crippen molar-refractivity contribution in [1.29, 1.82) is 5.26 Å². The average molecular weight is 252 g/mol. The molecular weight excluding hydrogens is 240 g/mol. The molecule has 0 radical (unpaired) electrons. The van der Waals surface area contributed by atoms with Crippen LogP contribution < -0.4 is 5.32 Å². The van der Waals surface area contributed by atoms with Crippen LogP contribution in [-0.2, 0) is 0 Å². The Morgan fingerprint density at radius 3 is 2.63 bits per heavy atom. The Labute approximate surface area is 110 Å². The average Bonchev–Trinajstić information content (AvgIpc) is 2.48. The lowest BCUT2D eigenvalue weighted by molar-refractivity contribution is 0.0935. The van der Waals surface area contributed by atoms with Gasteiger partial charge in [-0.2, -0.15) is 5.26 Å². The molecule has 2 aromatic heterocycles. The predicted octanol–water partition coefficient (Wildman–Crippen LogP) is 1.84. The Bertz CT molecular complexity index is 602. The normalized spacial score (nSPS) is 11.4. The number of nitrogens with one attached hydrogen (secondary N) is 1. The van der Waals surface area contributed by atoms with E-state index < -0.39 is 0 Å². The largest absolute Gasteiger partial charge is 0.344 e. The zero-order valence-corrected chi connectivity index (χ0v) is 10.4. The lowest BCUT2D eigenvalue weighted by Gasteiger charge is -2.13. The maximum absolute atomic E-state index is 12.0. The standard InChI is InChI=1S/C14H12N4O/c1-10(12-4-6-16-7-5-12)18-14(19)13-3-2-11(8-15)9-17-13/h2-7,9-10H,1H3,(H,18,19). The van der Waals surface area contributed by atoms with Gasteiger partial charge in [0.05, 0.1) is 11.6 Å². The molecule has 0 saturated carbocycles. The highest BCUT2D eigenvalue weighted by Gasteiger charge is 2.12. The minimum absolute atomic E-state index is 0.132. The molecule has 0 fully saturated rings. The second-order valence-electron chi connectivity index (χ2n) is 4.02. The fourth-order valence-electron chi connectivity index (χ4n) is 1.60. The van der Waals surface area contributed by atoms with Gasteiger partial charge in [-0.3, -0.25) is 9.78 Å². The first-order valence-corrected chi connectivity index (χ1v) is 5.77. The number of rotatable bonds is 3. The fourth-order valence-corrected chi connectivity index (χ4v) is 1.60.